The highest BCUT2D eigenvalue weighted by atomic mass is 35.5. The Morgan fingerprint density at radius 1 is 1.10 bits per heavy atom. The Balaban J connectivity index is 0.00000361. The van der Waals surface area contributed by atoms with Crippen LogP contribution in [0, 0.1) is 0 Å². The Labute approximate surface area is 128 Å². The van der Waals surface area contributed by atoms with Crippen LogP contribution in [0.5, 0.6) is 0 Å². The van der Waals surface area contributed by atoms with Crippen molar-refractivity contribution in [1.82, 2.24) is 10.2 Å². The van der Waals surface area contributed by atoms with Crippen LogP contribution in [0.4, 0.5) is 0 Å². The number of nitrogens with one attached hydrogen (secondary N) is 1. The number of rotatable bonds is 6. The molecule has 0 atom stereocenters. The Kier molecular flexibility index (Phi) is 9.59. The van der Waals surface area contributed by atoms with E-state index >= 15 is 0 Å². The lowest BCUT2D eigenvalue weighted by Crippen LogP contribution is -2.41. The molecule has 0 bridgehead atoms. The van der Waals surface area contributed by atoms with Gasteiger partial charge in [0.1, 0.15) is 0 Å². The van der Waals surface area contributed by atoms with E-state index in [0.717, 1.165) is 25.7 Å². The summed E-state index contributed by atoms with van der Waals surface area (Å²) in [5, 5.41) is 3.00. The van der Waals surface area contributed by atoms with Crippen molar-refractivity contribution < 1.29 is 9.59 Å². The zero-order chi connectivity index (χ0) is 14.3. The molecular weight excluding hydrogens is 278 g/mol. The van der Waals surface area contributed by atoms with Gasteiger partial charge in [0.05, 0.1) is 0 Å². The van der Waals surface area contributed by atoms with Gasteiger partial charge in [0.2, 0.25) is 11.8 Å². The maximum atomic E-state index is 11.8. The van der Waals surface area contributed by atoms with E-state index in [1.165, 1.54) is 0 Å². The molecule has 0 unspecified atom stereocenters. The minimum atomic E-state index is -0.0130. The van der Waals surface area contributed by atoms with Crippen molar-refractivity contribution in [2.45, 2.75) is 64.5 Å². The first-order valence-electron chi connectivity index (χ1n) is 7.39. The minimum absolute atomic E-state index is 0. The molecule has 1 saturated carbocycles. The van der Waals surface area contributed by atoms with Gasteiger partial charge in [-0.3, -0.25) is 9.59 Å². The lowest BCUT2D eigenvalue weighted by molar-refractivity contribution is -0.133. The van der Waals surface area contributed by atoms with Crippen LogP contribution < -0.4 is 11.1 Å². The summed E-state index contributed by atoms with van der Waals surface area (Å²) in [6.07, 6.45) is 4.46. The Bertz CT molecular complexity index is 301. The van der Waals surface area contributed by atoms with Gasteiger partial charge in [-0.2, -0.15) is 0 Å². The van der Waals surface area contributed by atoms with Crippen molar-refractivity contribution in [3.05, 3.63) is 0 Å². The molecule has 0 radical (unpaired) electrons. The van der Waals surface area contributed by atoms with E-state index in [4.69, 9.17) is 5.73 Å². The molecule has 0 aromatic heterocycles. The first-order chi connectivity index (χ1) is 9.06. The van der Waals surface area contributed by atoms with Crippen LogP contribution >= 0.6 is 12.4 Å². The van der Waals surface area contributed by atoms with Crippen LogP contribution in [0.15, 0.2) is 0 Å². The van der Waals surface area contributed by atoms with Crippen LogP contribution in [0.2, 0.25) is 0 Å². The van der Waals surface area contributed by atoms with E-state index in [2.05, 4.69) is 5.32 Å². The second kappa shape index (κ2) is 10.00. The van der Waals surface area contributed by atoms with Gasteiger partial charge >= 0.3 is 0 Å². The second-order valence-corrected chi connectivity index (χ2v) is 5.25. The number of nitrogens with two attached hydrogens (primary N) is 1. The van der Waals surface area contributed by atoms with Crippen LogP contribution in [-0.4, -0.2) is 41.9 Å². The number of carbonyl (C=O) groups excluding carboxylic acids is 2. The van der Waals surface area contributed by atoms with Gasteiger partial charge in [0.15, 0.2) is 0 Å². The number of nitrogens with zero attached hydrogens (tertiary/aromatic N) is 1. The molecular formula is C14H28ClN3O2. The van der Waals surface area contributed by atoms with Gasteiger partial charge in [-0.25, -0.2) is 0 Å². The van der Waals surface area contributed by atoms with Gasteiger partial charge in [-0.1, -0.05) is 0 Å². The molecule has 0 aromatic carbocycles. The molecule has 0 aromatic rings. The largest absolute Gasteiger partial charge is 0.353 e. The summed E-state index contributed by atoms with van der Waals surface area (Å²) < 4.78 is 0. The first kappa shape index (κ1) is 19.2. The maximum Gasteiger partial charge on any atom is 0.223 e. The van der Waals surface area contributed by atoms with E-state index in [1.54, 1.807) is 4.90 Å². The Hall–Kier alpha value is -0.810. The highest BCUT2D eigenvalue weighted by molar-refractivity contribution is 5.85. The molecule has 0 saturated heterocycles. The Morgan fingerprint density at radius 3 is 2.15 bits per heavy atom. The lowest BCUT2D eigenvalue weighted by Gasteiger charge is -2.27. The van der Waals surface area contributed by atoms with Crippen molar-refractivity contribution in [3.63, 3.8) is 0 Å². The normalized spacial score (nSPS) is 21.8. The molecule has 0 spiro atoms. The van der Waals surface area contributed by atoms with Crippen LogP contribution in [-0.2, 0) is 9.59 Å². The third-order valence-electron chi connectivity index (χ3n) is 3.82. The highest BCUT2D eigenvalue weighted by Gasteiger charge is 2.20. The van der Waals surface area contributed by atoms with Crippen molar-refractivity contribution in [3.8, 4) is 0 Å². The fourth-order valence-electron chi connectivity index (χ4n) is 2.52. The van der Waals surface area contributed by atoms with Crippen molar-refractivity contribution in [2.24, 2.45) is 5.73 Å². The smallest absolute Gasteiger partial charge is 0.223 e. The summed E-state index contributed by atoms with van der Waals surface area (Å²) in [6, 6.07) is 0.535. The predicted molar refractivity (Wildman–Crippen MR) is 82.8 cm³/mol. The predicted octanol–water partition coefficient (Wildman–Crippen LogP) is 1.44. The van der Waals surface area contributed by atoms with E-state index in [-0.39, 0.29) is 42.7 Å². The average molecular weight is 306 g/mol. The summed E-state index contributed by atoms with van der Waals surface area (Å²) in [5.41, 5.74) is 5.83. The van der Waals surface area contributed by atoms with Gasteiger partial charge < -0.3 is 16.0 Å². The zero-order valence-electron chi connectivity index (χ0n) is 12.6. The van der Waals surface area contributed by atoms with Crippen molar-refractivity contribution >= 4 is 24.2 Å². The second-order valence-electron chi connectivity index (χ2n) is 5.25. The molecule has 6 heteroatoms. The molecule has 1 aliphatic rings. The molecule has 1 aliphatic carbocycles. The molecule has 20 heavy (non-hydrogen) atoms. The molecule has 5 nitrogen and oxygen atoms in total. The first-order valence-corrected chi connectivity index (χ1v) is 7.39. The fourth-order valence-corrected chi connectivity index (χ4v) is 2.52. The summed E-state index contributed by atoms with van der Waals surface area (Å²) in [7, 11) is 0. The maximum absolute atomic E-state index is 11.8. The van der Waals surface area contributed by atoms with Crippen LogP contribution in [0.3, 0.4) is 0 Å². The molecule has 3 N–H and O–H groups in total. The average Bonchev–Trinajstić information content (AvgIpc) is 2.40. The fraction of sp³-hybridized carbons (Fsp3) is 0.857. The number of hydrogen-bond acceptors (Lipinski definition) is 3. The SMILES string of the molecule is CCN(CC)C(=O)CCC(=O)NC1CCC(N)CC1.Cl. The molecule has 0 heterocycles. The topological polar surface area (TPSA) is 75.4 Å². The summed E-state index contributed by atoms with van der Waals surface area (Å²) >= 11 is 0. The quantitative estimate of drug-likeness (QED) is 0.780. The lowest BCUT2D eigenvalue weighted by atomic mass is 9.92. The van der Waals surface area contributed by atoms with Crippen molar-refractivity contribution in [2.75, 3.05) is 13.1 Å². The standard InChI is InChI=1S/C14H27N3O2.ClH/c1-3-17(4-2)14(19)10-9-13(18)16-12-7-5-11(15)6-8-12;/h11-12H,3-10,15H2,1-2H3,(H,16,18);1H. The van der Waals surface area contributed by atoms with Gasteiger partial charge in [0.25, 0.3) is 0 Å². The van der Waals surface area contributed by atoms with E-state index in [9.17, 15) is 9.59 Å². The zero-order valence-corrected chi connectivity index (χ0v) is 13.4. The monoisotopic (exact) mass is 305 g/mol. The third kappa shape index (κ3) is 6.57. The van der Waals surface area contributed by atoms with Crippen LogP contribution in [0.1, 0.15) is 52.4 Å². The van der Waals surface area contributed by atoms with Gasteiger partial charge in [0, 0.05) is 38.0 Å². The van der Waals surface area contributed by atoms with Crippen LogP contribution in [0.25, 0.3) is 0 Å². The summed E-state index contributed by atoms with van der Waals surface area (Å²) in [6.45, 7) is 5.31. The molecule has 2 amide bonds. The number of carbonyl (C=O) groups is 2. The number of halogens is 1. The molecule has 0 aliphatic heterocycles. The van der Waals surface area contributed by atoms with Gasteiger partial charge in [-0.05, 0) is 39.5 Å². The van der Waals surface area contributed by atoms with E-state index < -0.39 is 0 Å². The van der Waals surface area contributed by atoms with E-state index in [1.807, 2.05) is 13.8 Å². The summed E-state index contributed by atoms with van der Waals surface area (Å²) in [5.74, 6) is 0.0480. The number of amides is 2. The van der Waals surface area contributed by atoms with Gasteiger partial charge in [-0.15, -0.1) is 12.4 Å². The summed E-state index contributed by atoms with van der Waals surface area (Å²) in [4.78, 5) is 25.3. The molecule has 1 fully saturated rings. The number of hydrogen-bond donors (Lipinski definition) is 2. The van der Waals surface area contributed by atoms with Crippen molar-refractivity contribution in [1.29, 1.82) is 0 Å². The molecule has 118 valence electrons. The van der Waals surface area contributed by atoms with E-state index in [0.29, 0.717) is 19.5 Å². The third-order valence-corrected chi connectivity index (χ3v) is 3.82. The highest BCUT2D eigenvalue weighted by Crippen LogP contribution is 2.17. The minimum Gasteiger partial charge on any atom is -0.353 e. The Morgan fingerprint density at radius 2 is 1.65 bits per heavy atom. The molecule has 1 rings (SSSR count).